The molecule has 1 aliphatic carbocycles. The number of H-pyrrole nitrogens is 1. The first-order valence-electron chi connectivity index (χ1n) is 6.50. The maximum atomic E-state index is 12.2. The minimum atomic E-state index is -0.451. The Morgan fingerprint density at radius 3 is 2.78 bits per heavy atom. The summed E-state index contributed by atoms with van der Waals surface area (Å²) in [5, 5.41) is 19.2. The molecule has 100 valence electrons. The highest BCUT2D eigenvalue weighted by Gasteiger charge is 2.35. The predicted octanol–water partition coefficient (Wildman–Crippen LogP) is 1.39. The fourth-order valence-corrected chi connectivity index (χ4v) is 2.53. The van der Waals surface area contributed by atoms with E-state index < -0.39 is 5.54 Å². The van der Waals surface area contributed by atoms with E-state index in [-0.39, 0.29) is 12.5 Å². The molecule has 1 fully saturated rings. The van der Waals surface area contributed by atoms with Gasteiger partial charge < -0.3 is 10.4 Å². The van der Waals surface area contributed by atoms with Gasteiger partial charge in [-0.1, -0.05) is 6.92 Å². The van der Waals surface area contributed by atoms with Crippen molar-refractivity contribution in [2.24, 2.45) is 5.92 Å². The van der Waals surface area contributed by atoms with Crippen LogP contribution in [0.5, 0.6) is 0 Å². The summed E-state index contributed by atoms with van der Waals surface area (Å²) in [6.07, 6.45) is 5.30. The zero-order valence-corrected chi connectivity index (χ0v) is 11.0. The first kappa shape index (κ1) is 13.1. The molecule has 1 aliphatic rings. The van der Waals surface area contributed by atoms with Crippen LogP contribution in [-0.4, -0.2) is 33.4 Å². The molecule has 0 saturated heterocycles. The molecule has 0 aromatic carbocycles. The van der Waals surface area contributed by atoms with Gasteiger partial charge >= 0.3 is 0 Å². The summed E-state index contributed by atoms with van der Waals surface area (Å²) < 4.78 is 0. The second kappa shape index (κ2) is 5.10. The largest absolute Gasteiger partial charge is 0.394 e. The van der Waals surface area contributed by atoms with E-state index in [4.69, 9.17) is 0 Å². The molecule has 0 spiro atoms. The van der Waals surface area contributed by atoms with E-state index in [9.17, 15) is 9.90 Å². The summed E-state index contributed by atoms with van der Waals surface area (Å²) >= 11 is 0. The van der Waals surface area contributed by atoms with Crippen LogP contribution in [-0.2, 0) is 0 Å². The van der Waals surface area contributed by atoms with E-state index in [2.05, 4.69) is 22.4 Å². The van der Waals surface area contributed by atoms with Crippen molar-refractivity contribution in [1.29, 1.82) is 0 Å². The van der Waals surface area contributed by atoms with Crippen molar-refractivity contribution in [3.63, 3.8) is 0 Å². The fourth-order valence-electron chi connectivity index (χ4n) is 2.53. The van der Waals surface area contributed by atoms with E-state index in [1.807, 2.05) is 6.92 Å². The van der Waals surface area contributed by atoms with E-state index >= 15 is 0 Å². The Balaban J connectivity index is 2.07. The molecule has 1 amide bonds. The minimum Gasteiger partial charge on any atom is -0.394 e. The molecule has 3 N–H and O–H groups in total. The molecule has 18 heavy (non-hydrogen) atoms. The lowest BCUT2D eigenvalue weighted by Crippen LogP contribution is -2.53. The number of nitrogens with zero attached hydrogens (tertiary/aromatic N) is 1. The molecule has 0 radical (unpaired) electrons. The molecule has 1 aromatic rings. The highest BCUT2D eigenvalue weighted by molar-refractivity contribution is 5.95. The normalized spacial score (nSPS) is 28.1. The number of aliphatic hydroxyl groups is 1. The van der Waals surface area contributed by atoms with Gasteiger partial charge in [0.05, 0.1) is 23.9 Å². The molecule has 5 nitrogen and oxygen atoms in total. The van der Waals surface area contributed by atoms with Crippen LogP contribution in [0.1, 0.15) is 48.7 Å². The van der Waals surface area contributed by atoms with E-state index in [1.165, 1.54) is 6.20 Å². The highest BCUT2D eigenvalue weighted by Crippen LogP contribution is 2.31. The number of carbonyl (C=O) groups excluding carboxylic acids is 1. The number of hydrogen-bond donors (Lipinski definition) is 3. The maximum Gasteiger partial charge on any atom is 0.255 e. The smallest absolute Gasteiger partial charge is 0.255 e. The standard InChI is InChI=1S/C13H21N3O2/c1-9-3-5-13(8-17,6-4-9)15-12(18)11-7-14-16-10(11)2/h7,9,17H,3-6,8H2,1-2H3,(H,14,16)(H,15,18). The molecule has 1 saturated carbocycles. The van der Waals surface area contributed by atoms with Gasteiger partial charge in [-0.15, -0.1) is 0 Å². The molecule has 5 heteroatoms. The van der Waals surface area contributed by atoms with Crippen LogP contribution >= 0.6 is 0 Å². The molecule has 0 bridgehead atoms. The fraction of sp³-hybridized carbons (Fsp3) is 0.692. The molecule has 1 aromatic heterocycles. The van der Waals surface area contributed by atoms with Gasteiger partial charge in [0.25, 0.3) is 5.91 Å². The predicted molar refractivity (Wildman–Crippen MR) is 68.2 cm³/mol. The molecular formula is C13H21N3O2. The van der Waals surface area contributed by atoms with Crippen molar-refractivity contribution in [1.82, 2.24) is 15.5 Å². The van der Waals surface area contributed by atoms with Crippen molar-refractivity contribution in [2.75, 3.05) is 6.61 Å². The van der Waals surface area contributed by atoms with Gasteiger partial charge in [-0.05, 0) is 38.5 Å². The molecule has 1 heterocycles. The van der Waals surface area contributed by atoms with Gasteiger partial charge in [0.1, 0.15) is 0 Å². The third-order valence-corrected chi connectivity index (χ3v) is 3.99. The second-order valence-corrected chi connectivity index (χ2v) is 5.48. The van der Waals surface area contributed by atoms with Gasteiger partial charge in [0.15, 0.2) is 0 Å². The van der Waals surface area contributed by atoms with Crippen molar-refractivity contribution in [3.8, 4) is 0 Å². The summed E-state index contributed by atoms with van der Waals surface area (Å²) in [6.45, 7) is 4.03. The number of aromatic amines is 1. The number of rotatable bonds is 3. The molecule has 2 rings (SSSR count). The minimum absolute atomic E-state index is 0.00234. The quantitative estimate of drug-likeness (QED) is 0.759. The van der Waals surface area contributed by atoms with Crippen LogP contribution < -0.4 is 5.32 Å². The van der Waals surface area contributed by atoms with Crippen molar-refractivity contribution >= 4 is 5.91 Å². The van der Waals surface area contributed by atoms with Crippen LogP contribution in [0.4, 0.5) is 0 Å². The first-order valence-corrected chi connectivity index (χ1v) is 6.50. The Kier molecular flexibility index (Phi) is 3.71. The SMILES string of the molecule is Cc1[nH]ncc1C(=O)NC1(CO)CCC(C)CC1. The number of hydrogen-bond acceptors (Lipinski definition) is 3. The number of aromatic nitrogens is 2. The zero-order chi connectivity index (χ0) is 13.2. The third kappa shape index (κ3) is 2.56. The lowest BCUT2D eigenvalue weighted by atomic mass is 9.77. The topological polar surface area (TPSA) is 78.0 Å². The molecule has 0 unspecified atom stereocenters. The highest BCUT2D eigenvalue weighted by atomic mass is 16.3. The van der Waals surface area contributed by atoms with Gasteiger partial charge in [0, 0.05) is 5.69 Å². The Bertz CT molecular complexity index is 420. The van der Waals surface area contributed by atoms with Gasteiger partial charge in [-0.25, -0.2) is 0 Å². The van der Waals surface area contributed by atoms with Crippen LogP contribution in [0.15, 0.2) is 6.20 Å². The van der Waals surface area contributed by atoms with Crippen molar-refractivity contribution in [2.45, 2.75) is 45.1 Å². The van der Waals surface area contributed by atoms with Crippen LogP contribution in [0.25, 0.3) is 0 Å². The van der Waals surface area contributed by atoms with E-state index in [0.717, 1.165) is 31.4 Å². The van der Waals surface area contributed by atoms with Gasteiger partial charge in [0.2, 0.25) is 0 Å². The summed E-state index contributed by atoms with van der Waals surface area (Å²) in [5.41, 5.74) is 0.860. The van der Waals surface area contributed by atoms with Crippen LogP contribution in [0.3, 0.4) is 0 Å². The molecular weight excluding hydrogens is 230 g/mol. The number of amides is 1. The third-order valence-electron chi connectivity index (χ3n) is 3.99. The first-order chi connectivity index (χ1) is 8.56. The summed E-state index contributed by atoms with van der Waals surface area (Å²) in [4.78, 5) is 12.2. The Morgan fingerprint density at radius 2 is 2.28 bits per heavy atom. The summed E-state index contributed by atoms with van der Waals surface area (Å²) in [6, 6.07) is 0. The summed E-state index contributed by atoms with van der Waals surface area (Å²) in [5.74, 6) is 0.530. The van der Waals surface area contributed by atoms with Crippen molar-refractivity contribution in [3.05, 3.63) is 17.5 Å². The number of aryl methyl sites for hydroxylation is 1. The maximum absolute atomic E-state index is 12.2. The van der Waals surface area contributed by atoms with E-state index in [0.29, 0.717) is 11.5 Å². The Hall–Kier alpha value is -1.36. The van der Waals surface area contributed by atoms with E-state index in [1.54, 1.807) is 0 Å². The zero-order valence-electron chi connectivity index (χ0n) is 11.0. The molecule has 0 aliphatic heterocycles. The molecule has 0 atom stereocenters. The monoisotopic (exact) mass is 251 g/mol. The Morgan fingerprint density at radius 1 is 1.61 bits per heavy atom. The van der Waals surface area contributed by atoms with Crippen molar-refractivity contribution < 1.29 is 9.90 Å². The second-order valence-electron chi connectivity index (χ2n) is 5.48. The summed E-state index contributed by atoms with van der Waals surface area (Å²) in [7, 11) is 0. The van der Waals surface area contributed by atoms with Gasteiger partial charge in [-0.3, -0.25) is 9.89 Å². The number of aliphatic hydroxyl groups excluding tert-OH is 1. The lowest BCUT2D eigenvalue weighted by molar-refractivity contribution is 0.0716. The van der Waals surface area contributed by atoms with Crippen LogP contribution in [0.2, 0.25) is 0 Å². The number of nitrogens with one attached hydrogen (secondary N) is 2. The van der Waals surface area contributed by atoms with Crippen LogP contribution in [0, 0.1) is 12.8 Å². The average Bonchev–Trinajstić information content (AvgIpc) is 2.79. The Labute approximate surface area is 107 Å². The number of carbonyl (C=O) groups is 1. The lowest BCUT2D eigenvalue weighted by Gasteiger charge is -2.38. The van der Waals surface area contributed by atoms with Gasteiger partial charge in [-0.2, -0.15) is 5.10 Å². The average molecular weight is 251 g/mol.